The first-order valence-electron chi connectivity index (χ1n) is 6.87. The van der Waals surface area contributed by atoms with E-state index < -0.39 is 0 Å². The highest BCUT2D eigenvalue weighted by atomic mass is 79.9. The lowest BCUT2D eigenvalue weighted by atomic mass is 10.2. The van der Waals surface area contributed by atoms with Crippen molar-refractivity contribution in [2.24, 2.45) is 0 Å². The molecule has 104 valence electrons. The van der Waals surface area contributed by atoms with Gasteiger partial charge in [0, 0.05) is 38.4 Å². The maximum absolute atomic E-state index is 5.41. The summed E-state index contributed by atoms with van der Waals surface area (Å²) in [6.07, 6.45) is 5.94. The van der Waals surface area contributed by atoms with Crippen molar-refractivity contribution in [3.8, 4) is 0 Å². The largest absolute Gasteiger partial charge is 0.379 e. The van der Waals surface area contributed by atoms with Crippen LogP contribution < -0.4 is 4.90 Å². The van der Waals surface area contributed by atoms with Gasteiger partial charge >= 0.3 is 0 Å². The van der Waals surface area contributed by atoms with Crippen molar-refractivity contribution in [1.29, 1.82) is 0 Å². The van der Waals surface area contributed by atoms with Crippen molar-refractivity contribution in [1.82, 2.24) is 14.9 Å². The quantitative estimate of drug-likeness (QED) is 0.842. The first-order valence-corrected chi connectivity index (χ1v) is 7.66. The Morgan fingerprint density at radius 1 is 1.32 bits per heavy atom. The van der Waals surface area contributed by atoms with Crippen LogP contribution >= 0.6 is 15.9 Å². The molecule has 2 aliphatic rings. The van der Waals surface area contributed by atoms with Crippen LogP contribution in [0.25, 0.3) is 0 Å². The predicted molar refractivity (Wildman–Crippen MR) is 77.4 cm³/mol. The molecule has 0 amide bonds. The Morgan fingerprint density at radius 3 is 2.95 bits per heavy atom. The highest BCUT2D eigenvalue weighted by molar-refractivity contribution is 9.10. The molecule has 1 aromatic rings. The highest BCUT2D eigenvalue weighted by Crippen LogP contribution is 2.29. The molecule has 0 bridgehead atoms. The van der Waals surface area contributed by atoms with E-state index in [4.69, 9.17) is 4.74 Å². The van der Waals surface area contributed by atoms with Crippen LogP contribution in [0.15, 0.2) is 17.0 Å². The van der Waals surface area contributed by atoms with Crippen LogP contribution in [0.2, 0.25) is 0 Å². The minimum Gasteiger partial charge on any atom is -0.379 e. The average molecular weight is 327 g/mol. The lowest BCUT2D eigenvalue weighted by Crippen LogP contribution is -2.45. The number of anilines is 1. The monoisotopic (exact) mass is 326 g/mol. The molecule has 1 aromatic heterocycles. The Bertz CT molecular complexity index is 425. The minimum absolute atomic E-state index is 0.560. The van der Waals surface area contributed by atoms with Gasteiger partial charge in [-0.05, 0) is 28.8 Å². The first kappa shape index (κ1) is 13.3. The fourth-order valence-electron chi connectivity index (χ4n) is 2.90. The summed E-state index contributed by atoms with van der Waals surface area (Å²) in [5, 5.41) is 0. The molecule has 2 aliphatic heterocycles. The number of nitrogens with zero attached hydrogens (tertiary/aromatic N) is 4. The zero-order valence-electron chi connectivity index (χ0n) is 11.0. The minimum atomic E-state index is 0.560. The Kier molecular flexibility index (Phi) is 4.30. The van der Waals surface area contributed by atoms with Gasteiger partial charge in [0.1, 0.15) is 12.1 Å². The van der Waals surface area contributed by atoms with Crippen LogP contribution in [-0.4, -0.2) is 60.3 Å². The topological polar surface area (TPSA) is 41.5 Å². The van der Waals surface area contributed by atoms with E-state index in [9.17, 15) is 0 Å². The average Bonchev–Trinajstić information content (AvgIpc) is 2.88. The van der Waals surface area contributed by atoms with Gasteiger partial charge < -0.3 is 9.64 Å². The third kappa shape index (κ3) is 3.07. The van der Waals surface area contributed by atoms with Crippen molar-refractivity contribution in [2.75, 3.05) is 44.3 Å². The fraction of sp³-hybridized carbons (Fsp3) is 0.692. The Balaban J connectivity index is 1.69. The van der Waals surface area contributed by atoms with Gasteiger partial charge in [-0.1, -0.05) is 0 Å². The van der Waals surface area contributed by atoms with Gasteiger partial charge in [0.25, 0.3) is 0 Å². The molecule has 0 aromatic carbocycles. The highest BCUT2D eigenvalue weighted by Gasteiger charge is 2.29. The van der Waals surface area contributed by atoms with E-state index in [1.54, 1.807) is 6.33 Å². The summed E-state index contributed by atoms with van der Waals surface area (Å²) in [4.78, 5) is 13.4. The van der Waals surface area contributed by atoms with Crippen LogP contribution in [0.3, 0.4) is 0 Å². The first-order chi connectivity index (χ1) is 9.34. The molecule has 0 spiro atoms. The summed E-state index contributed by atoms with van der Waals surface area (Å²) < 4.78 is 6.40. The van der Waals surface area contributed by atoms with Gasteiger partial charge in [-0.3, -0.25) is 4.90 Å². The van der Waals surface area contributed by atoms with Gasteiger partial charge in [0.05, 0.1) is 17.7 Å². The Hall–Kier alpha value is -0.720. The maximum atomic E-state index is 5.41. The van der Waals surface area contributed by atoms with E-state index in [2.05, 4.69) is 35.7 Å². The number of ether oxygens (including phenoxy) is 1. The molecule has 0 unspecified atom stereocenters. The molecule has 2 fully saturated rings. The summed E-state index contributed by atoms with van der Waals surface area (Å²) >= 11 is 3.56. The van der Waals surface area contributed by atoms with Crippen LogP contribution in [0.1, 0.15) is 12.8 Å². The fourth-order valence-corrected chi connectivity index (χ4v) is 3.35. The Morgan fingerprint density at radius 2 is 2.16 bits per heavy atom. The van der Waals surface area contributed by atoms with E-state index in [-0.39, 0.29) is 0 Å². The number of morpholine rings is 1. The summed E-state index contributed by atoms with van der Waals surface area (Å²) in [5.74, 6) is 1.03. The molecule has 1 atom stereocenters. The van der Waals surface area contributed by atoms with Crippen molar-refractivity contribution in [3.05, 3.63) is 17.0 Å². The van der Waals surface area contributed by atoms with Crippen molar-refractivity contribution in [2.45, 2.75) is 18.9 Å². The third-order valence-corrected chi connectivity index (χ3v) is 4.43. The van der Waals surface area contributed by atoms with Crippen LogP contribution in [-0.2, 0) is 4.74 Å². The number of halogens is 1. The summed E-state index contributed by atoms with van der Waals surface area (Å²) in [6, 6.07) is 0.560. The molecule has 3 rings (SSSR count). The third-order valence-electron chi connectivity index (χ3n) is 3.87. The molecule has 5 nitrogen and oxygen atoms in total. The molecule has 3 heterocycles. The number of hydrogen-bond donors (Lipinski definition) is 0. The van der Waals surface area contributed by atoms with Gasteiger partial charge in [0.2, 0.25) is 0 Å². The second-order valence-corrected chi connectivity index (χ2v) is 5.95. The molecule has 19 heavy (non-hydrogen) atoms. The Labute approximate surface area is 122 Å². The standard InChI is InChI=1S/C13H19BrN4O/c14-12-8-15-10-16-13(12)18-3-1-2-11(18)9-17-4-6-19-7-5-17/h8,10-11H,1-7,9H2/t11-/m0/s1. The van der Waals surface area contributed by atoms with Gasteiger partial charge in [-0.2, -0.15) is 0 Å². The maximum Gasteiger partial charge on any atom is 0.146 e. The van der Waals surface area contributed by atoms with Crippen molar-refractivity contribution < 1.29 is 4.74 Å². The van der Waals surface area contributed by atoms with Crippen LogP contribution in [0, 0.1) is 0 Å². The zero-order chi connectivity index (χ0) is 13.1. The molecule has 0 saturated carbocycles. The summed E-state index contributed by atoms with van der Waals surface area (Å²) in [6.45, 7) is 6.03. The molecule has 6 heteroatoms. The number of rotatable bonds is 3. The molecule has 2 saturated heterocycles. The lowest BCUT2D eigenvalue weighted by Gasteiger charge is -2.33. The van der Waals surface area contributed by atoms with Gasteiger partial charge in [-0.25, -0.2) is 9.97 Å². The second-order valence-electron chi connectivity index (χ2n) is 5.10. The predicted octanol–water partition coefficient (Wildman–Crippen LogP) is 1.54. The summed E-state index contributed by atoms with van der Waals surface area (Å²) in [5.41, 5.74) is 0. The second kappa shape index (κ2) is 6.15. The SMILES string of the molecule is Brc1cncnc1N1CCC[C@H]1CN1CCOCC1. The summed E-state index contributed by atoms with van der Waals surface area (Å²) in [7, 11) is 0. The zero-order valence-corrected chi connectivity index (χ0v) is 12.5. The normalized spacial score (nSPS) is 24.9. The van der Waals surface area contributed by atoms with E-state index in [0.29, 0.717) is 6.04 Å². The van der Waals surface area contributed by atoms with E-state index >= 15 is 0 Å². The molecule has 0 aliphatic carbocycles. The van der Waals surface area contributed by atoms with Crippen molar-refractivity contribution >= 4 is 21.7 Å². The van der Waals surface area contributed by atoms with Crippen LogP contribution in [0.4, 0.5) is 5.82 Å². The van der Waals surface area contributed by atoms with Crippen molar-refractivity contribution in [3.63, 3.8) is 0 Å². The van der Waals surface area contributed by atoms with Gasteiger partial charge in [0.15, 0.2) is 0 Å². The smallest absolute Gasteiger partial charge is 0.146 e. The van der Waals surface area contributed by atoms with E-state index in [1.165, 1.54) is 12.8 Å². The molecule has 0 radical (unpaired) electrons. The number of aromatic nitrogens is 2. The molecular weight excluding hydrogens is 308 g/mol. The van der Waals surface area contributed by atoms with Gasteiger partial charge in [-0.15, -0.1) is 0 Å². The molecular formula is C13H19BrN4O. The van der Waals surface area contributed by atoms with Crippen LogP contribution in [0.5, 0.6) is 0 Å². The van der Waals surface area contributed by atoms with E-state index in [0.717, 1.165) is 49.7 Å². The number of hydrogen-bond acceptors (Lipinski definition) is 5. The lowest BCUT2D eigenvalue weighted by molar-refractivity contribution is 0.0354. The molecule has 0 N–H and O–H groups in total. The van der Waals surface area contributed by atoms with E-state index in [1.807, 2.05) is 6.20 Å².